The summed E-state index contributed by atoms with van der Waals surface area (Å²) >= 11 is 0. The van der Waals surface area contributed by atoms with Gasteiger partial charge in [0.05, 0.1) is 0 Å². The van der Waals surface area contributed by atoms with Crippen molar-refractivity contribution < 1.29 is 9.15 Å². The molecule has 0 aliphatic carbocycles. The zero-order valence-electron chi connectivity index (χ0n) is 15.5. The van der Waals surface area contributed by atoms with Crippen LogP contribution < -0.4 is 0 Å². The van der Waals surface area contributed by atoms with E-state index in [0.717, 1.165) is 36.4 Å². The van der Waals surface area contributed by atoms with Gasteiger partial charge < -0.3 is 9.15 Å². The van der Waals surface area contributed by atoms with E-state index in [-0.39, 0.29) is 0 Å². The van der Waals surface area contributed by atoms with E-state index < -0.39 is 0 Å². The number of hydrogen-bond acceptors (Lipinski definition) is 3. The van der Waals surface area contributed by atoms with E-state index in [2.05, 4.69) is 50.1 Å². The van der Waals surface area contributed by atoms with Crippen LogP contribution in [-0.4, -0.2) is 18.0 Å². The largest absolute Gasteiger partial charge is 0.486 e. The number of allylic oxidation sites excluding steroid dienone is 3. The molecule has 0 spiro atoms. The average molecular weight is 339 g/mol. The van der Waals surface area contributed by atoms with Gasteiger partial charge in [-0.25, -0.2) is 0 Å². The van der Waals surface area contributed by atoms with Crippen LogP contribution in [0.1, 0.15) is 38.0 Å². The Hall–Kier alpha value is -2.26. The molecule has 0 N–H and O–H groups in total. The Labute approximate surface area is 151 Å². The third-order valence-corrected chi connectivity index (χ3v) is 4.13. The van der Waals surface area contributed by atoms with Gasteiger partial charge in [-0.2, -0.15) is 0 Å². The van der Waals surface area contributed by atoms with Gasteiger partial charge in [0.15, 0.2) is 0 Å². The second kappa shape index (κ2) is 9.90. The van der Waals surface area contributed by atoms with E-state index in [1.165, 1.54) is 18.4 Å². The molecular formula is C22H29NO2. The highest BCUT2D eigenvalue weighted by atomic mass is 16.5. The molecule has 0 fully saturated rings. The first-order chi connectivity index (χ1) is 12.2. The van der Waals surface area contributed by atoms with Crippen LogP contribution in [0.5, 0.6) is 0 Å². The van der Waals surface area contributed by atoms with Gasteiger partial charge in [-0.05, 0) is 43.3 Å². The smallest absolute Gasteiger partial charge is 0.146 e. The van der Waals surface area contributed by atoms with Crippen molar-refractivity contribution in [3.8, 4) is 0 Å². The number of furan rings is 1. The van der Waals surface area contributed by atoms with Gasteiger partial charge in [0.2, 0.25) is 0 Å². The first kappa shape index (κ1) is 19.1. The topological polar surface area (TPSA) is 25.6 Å². The van der Waals surface area contributed by atoms with E-state index in [1.54, 1.807) is 18.2 Å². The predicted octanol–water partition coefficient (Wildman–Crippen LogP) is 5.83. The van der Waals surface area contributed by atoms with Crippen LogP contribution in [0, 0.1) is 0 Å². The summed E-state index contributed by atoms with van der Waals surface area (Å²) in [5.41, 5.74) is 2.19. The second-order valence-corrected chi connectivity index (χ2v) is 6.16. The van der Waals surface area contributed by atoms with Crippen molar-refractivity contribution in [2.24, 2.45) is 0 Å². The molecule has 0 radical (unpaired) electrons. The van der Waals surface area contributed by atoms with Gasteiger partial charge in [-0.1, -0.05) is 57.7 Å². The summed E-state index contributed by atoms with van der Waals surface area (Å²) in [5.74, 6) is 1.40. The van der Waals surface area contributed by atoms with Gasteiger partial charge in [-0.3, -0.25) is 4.90 Å². The molecule has 0 bridgehead atoms. The summed E-state index contributed by atoms with van der Waals surface area (Å²) in [7, 11) is 0. The zero-order chi connectivity index (χ0) is 18.1. The molecule has 2 rings (SSSR count). The molecule has 0 aliphatic heterocycles. The van der Waals surface area contributed by atoms with Gasteiger partial charge >= 0.3 is 0 Å². The molecule has 0 atom stereocenters. The van der Waals surface area contributed by atoms with Crippen LogP contribution in [0.25, 0.3) is 11.0 Å². The van der Waals surface area contributed by atoms with Crippen molar-refractivity contribution >= 4 is 11.0 Å². The fourth-order valence-electron chi connectivity index (χ4n) is 2.68. The molecule has 25 heavy (non-hydrogen) atoms. The minimum absolute atomic E-state index is 0.377. The van der Waals surface area contributed by atoms with Crippen molar-refractivity contribution in [2.75, 3.05) is 13.1 Å². The van der Waals surface area contributed by atoms with E-state index in [1.807, 2.05) is 6.07 Å². The molecule has 1 aromatic heterocycles. The lowest BCUT2D eigenvalue weighted by Gasteiger charge is -2.19. The van der Waals surface area contributed by atoms with Crippen LogP contribution in [0.3, 0.4) is 0 Å². The summed E-state index contributed by atoms with van der Waals surface area (Å²) in [6, 6.07) is 8.47. The van der Waals surface area contributed by atoms with E-state index in [4.69, 9.17) is 9.15 Å². The number of rotatable bonds is 11. The fraction of sp³-hybridized carbons (Fsp3) is 0.364. The molecule has 0 amide bonds. The third-order valence-electron chi connectivity index (χ3n) is 4.13. The van der Waals surface area contributed by atoms with E-state index >= 15 is 0 Å². The van der Waals surface area contributed by atoms with Crippen molar-refractivity contribution in [3.63, 3.8) is 0 Å². The molecule has 134 valence electrons. The molecule has 0 saturated carbocycles. The molecular weight excluding hydrogens is 310 g/mol. The molecule has 1 aromatic carbocycles. The maximum Gasteiger partial charge on any atom is 0.146 e. The Kier molecular flexibility index (Phi) is 7.55. The molecule has 0 saturated heterocycles. The third kappa shape index (κ3) is 5.95. The first-order valence-electron chi connectivity index (χ1n) is 9.00. The Morgan fingerprint density at radius 1 is 1.28 bits per heavy atom. The Morgan fingerprint density at radius 2 is 2.12 bits per heavy atom. The Balaban J connectivity index is 2.01. The predicted molar refractivity (Wildman–Crippen MR) is 105 cm³/mol. The summed E-state index contributed by atoms with van der Waals surface area (Å²) in [6.45, 7) is 15.5. The number of hydrogen-bond donors (Lipinski definition) is 0. The maximum absolute atomic E-state index is 5.93. The second-order valence-electron chi connectivity index (χ2n) is 6.16. The number of unbranched alkanes of at least 4 members (excludes halogenated alkanes) is 1. The fourth-order valence-corrected chi connectivity index (χ4v) is 2.68. The van der Waals surface area contributed by atoms with Gasteiger partial charge in [0.25, 0.3) is 0 Å². The lowest BCUT2D eigenvalue weighted by Crippen LogP contribution is -2.23. The highest BCUT2D eigenvalue weighted by molar-refractivity contribution is 5.78. The van der Waals surface area contributed by atoms with Crippen LogP contribution in [0.15, 0.2) is 65.8 Å². The Morgan fingerprint density at radius 3 is 2.84 bits per heavy atom. The molecule has 1 heterocycles. The van der Waals surface area contributed by atoms with Crippen molar-refractivity contribution in [3.05, 3.63) is 72.7 Å². The van der Waals surface area contributed by atoms with Crippen LogP contribution in [0.2, 0.25) is 0 Å². The average Bonchev–Trinajstić information content (AvgIpc) is 3.03. The SMILES string of the molecule is C=CC=CC(=C)OCc1cc2ccc(CN(CC)CCCC)cc2o1. The lowest BCUT2D eigenvalue weighted by molar-refractivity contribution is 0.191. The standard InChI is InChI=1S/C22H29NO2/c1-5-8-10-18(4)24-17-21-15-20-12-11-19(14-22(20)25-21)16-23(7-3)13-9-6-2/h5,8,10-12,14-15H,1,4,6-7,9,13,16-17H2,2-3H3. The van der Waals surface area contributed by atoms with Gasteiger partial charge in [0, 0.05) is 11.9 Å². The number of nitrogens with zero attached hydrogens (tertiary/aromatic N) is 1. The van der Waals surface area contributed by atoms with Gasteiger partial charge in [0.1, 0.15) is 23.7 Å². The van der Waals surface area contributed by atoms with Crippen LogP contribution in [-0.2, 0) is 17.9 Å². The zero-order valence-corrected chi connectivity index (χ0v) is 15.5. The van der Waals surface area contributed by atoms with Crippen LogP contribution >= 0.6 is 0 Å². The maximum atomic E-state index is 5.93. The minimum Gasteiger partial charge on any atom is -0.486 e. The highest BCUT2D eigenvalue weighted by Crippen LogP contribution is 2.22. The van der Waals surface area contributed by atoms with Crippen molar-refractivity contribution in [1.29, 1.82) is 0 Å². The van der Waals surface area contributed by atoms with E-state index in [9.17, 15) is 0 Å². The first-order valence-corrected chi connectivity index (χ1v) is 9.00. The summed E-state index contributed by atoms with van der Waals surface area (Å²) in [5, 5.41) is 1.10. The van der Waals surface area contributed by atoms with Gasteiger partial charge in [-0.15, -0.1) is 0 Å². The molecule has 0 unspecified atom stereocenters. The number of fused-ring (bicyclic) bond motifs is 1. The van der Waals surface area contributed by atoms with E-state index in [0.29, 0.717) is 12.4 Å². The highest BCUT2D eigenvalue weighted by Gasteiger charge is 2.08. The Bertz CT molecular complexity index is 727. The minimum atomic E-state index is 0.377. The molecule has 3 heteroatoms. The summed E-state index contributed by atoms with van der Waals surface area (Å²) in [6.07, 6.45) is 7.74. The molecule has 3 nitrogen and oxygen atoms in total. The molecule has 0 aliphatic rings. The normalized spacial score (nSPS) is 11.5. The monoisotopic (exact) mass is 339 g/mol. The number of ether oxygens (including phenoxy) is 1. The summed E-state index contributed by atoms with van der Waals surface area (Å²) in [4.78, 5) is 2.47. The number of benzene rings is 1. The van der Waals surface area contributed by atoms with Crippen LogP contribution in [0.4, 0.5) is 0 Å². The lowest BCUT2D eigenvalue weighted by atomic mass is 10.1. The summed E-state index contributed by atoms with van der Waals surface area (Å²) < 4.78 is 11.5. The quantitative estimate of drug-likeness (QED) is 0.380. The molecule has 2 aromatic rings. The van der Waals surface area contributed by atoms with Crippen molar-refractivity contribution in [1.82, 2.24) is 4.90 Å². The van der Waals surface area contributed by atoms with Crippen molar-refractivity contribution in [2.45, 2.75) is 39.8 Å².